The minimum Gasteiger partial charge on any atom is -0.361 e. The number of fused-ring (bicyclic) bond motifs is 1. The molecule has 122 valence electrons. The van der Waals surface area contributed by atoms with Crippen molar-refractivity contribution in [3.8, 4) is 0 Å². The molecular weight excluding hydrogens is 290 g/mol. The van der Waals surface area contributed by atoms with E-state index in [1.807, 2.05) is 13.0 Å². The van der Waals surface area contributed by atoms with Gasteiger partial charge in [-0.05, 0) is 51.3 Å². The molecule has 0 unspecified atom stereocenters. The summed E-state index contributed by atoms with van der Waals surface area (Å²) in [5, 5.41) is 12.9. The SMILES string of the molecule is Cc1cc(CN(C)C2CN(c3cc4c(nn3)CCCC4)C2)no1. The maximum atomic E-state index is 5.13. The fourth-order valence-corrected chi connectivity index (χ4v) is 3.43. The number of anilines is 1. The van der Waals surface area contributed by atoms with E-state index >= 15 is 0 Å². The highest BCUT2D eigenvalue weighted by atomic mass is 16.5. The van der Waals surface area contributed by atoms with Gasteiger partial charge in [-0.25, -0.2) is 0 Å². The van der Waals surface area contributed by atoms with E-state index < -0.39 is 0 Å². The molecular formula is C17H23N5O. The minimum absolute atomic E-state index is 0.532. The lowest BCUT2D eigenvalue weighted by molar-refractivity contribution is 0.191. The largest absolute Gasteiger partial charge is 0.361 e. The second kappa shape index (κ2) is 5.92. The minimum atomic E-state index is 0.532. The van der Waals surface area contributed by atoms with E-state index in [0.29, 0.717) is 6.04 Å². The topological polar surface area (TPSA) is 58.3 Å². The van der Waals surface area contributed by atoms with Gasteiger partial charge in [-0.2, -0.15) is 5.10 Å². The van der Waals surface area contributed by atoms with Crippen molar-refractivity contribution in [1.29, 1.82) is 0 Å². The Balaban J connectivity index is 1.35. The van der Waals surface area contributed by atoms with Gasteiger partial charge in [-0.1, -0.05) is 5.16 Å². The van der Waals surface area contributed by atoms with Gasteiger partial charge in [-0.15, -0.1) is 5.10 Å². The molecule has 1 aliphatic heterocycles. The first-order valence-corrected chi connectivity index (χ1v) is 8.42. The number of hydrogen-bond donors (Lipinski definition) is 0. The fourth-order valence-electron chi connectivity index (χ4n) is 3.43. The Morgan fingerprint density at radius 1 is 1.22 bits per heavy atom. The molecule has 0 aromatic carbocycles. The lowest BCUT2D eigenvalue weighted by atomic mass is 9.96. The maximum Gasteiger partial charge on any atom is 0.151 e. The van der Waals surface area contributed by atoms with Crippen LogP contribution in [-0.4, -0.2) is 46.4 Å². The van der Waals surface area contributed by atoms with Crippen LogP contribution >= 0.6 is 0 Å². The number of aryl methyl sites for hydroxylation is 3. The summed E-state index contributed by atoms with van der Waals surface area (Å²) in [7, 11) is 2.14. The molecule has 4 rings (SSSR count). The Morgan fingerprint density at radius 2 is 2.04 bits per heavy atom. The highest BCUT2D eigenvalue weighted by Gasteiger charge is 2.32. The van der Waals surface area contributed by atoms with Gasteiger partial charge in [0.15, 0.2) is 5.82 Å². The van der Waals surface area contributed by atoms with Crippen LogP contribution in [0.3, 0.4) is 0 Å². The van der Waals surface area contributed by atoms with Gasteiger partial charge in [0.25, 0.3) is 0 Å². The smallest absolute Gasteiger partial charge is 0.151 e. The quantitative estimate of drug-likeness (QED) is 0.860. The van der Waals surface area contributed by atoms with Crippen LogP contribution in [0.4, 0.5) is 5.82 Å². The molecule has 1 saturated heterocycles. The van der Waals surface area contributed by atoms with Gasteiger partial charge < -0.3 is 9.42 Å². The van der Waals surface area contributed by atoms with Gasteiger partial charge in [0, 0.05) is 31.7 Å². The van der Waals surface area contributed by atoms with E-state index in [2.05, 4.69) is 38.3 Å². The number of likely N-dealkylation sites (N-methyl/N-ethyl adjacent to an activating group) is 1. The molecule has 0 N–H and O–H groups in total. The van der Waals surface area contributed by atoms with Gasteiger partial charge in [0.05, 0.1) is 11.4 Å². The van der Waals surface area contributed by atoms with Crippen molar-refractivity contribution < 1.29 is 4.52 Å². The molecule has 0 amide bonds. The molecule has 1 fully saturated rings. The third kappa shape index (κ3) is 2.95. The standard InChI is InChI=1S/C17H23N5O/c1-12-7-14(20-23-12)9-21(2)15-10-22(11-15)17-8-13-5-3-4-6-16(13)18-19-17/h7-8,15H,3-6,9-11H2,1-2H3. The molecule has 1 aliphatic carbocycles. The van der Waals surface area contributed by atoms with E-state index in [1.54, 1.807) is 0 Å². The van der Waals surface area contributed by atoms with Crippen LogP contribution in [0.15, 0.2) is 16.7 Å². The third-order valence-electron chi connectivity index (χ3n) is 4.95. The zero-order valence-corrected chi connectivity index (χ0v) is 13.8. The van der Waals surface area contributed by atoms with Crippen molar-refractivity contribution in [2.24, 2.45) is 0 Å². The predicted molar refractivity (Wildman–Crippen MR) is 87.4 cm³/mol. The van der Waals surface area contributed by atoms with Crippen LogP contribution in [0.5, 0.6) is 0 Å². The zero-order chi connectivity index (χ0) is 15.8. The average molecular weight is 313 g/mol. The normalized spacial score (nSPS) is 18.1. The summed E-state index contributed by atoms with van der Waals surface area (Å²) in [6.45, 7) is 4.75. The van der Waals surface area contributed by atoms with Crippen molar-refractivity contribution in [3.05, 3.63) is 34.8 Å². The molecule has 2 aliphatic rings. The van der Waals surface area contributed by atoms with Crippen LogP contribution in [0.25, 0.3) is 0 Å². The Bertz CT molecular complexity index is 692. The third-order valence-corrected chi connectivity index (χ3v) is 4.95. The summed E-state index contributed by atoms with van der Waals surface area (Å²) in [5.74, 6) is 1.90. The summed E-state index contributed by atoms with van der Waals surface area (Å²) >= 11 is 0. The van der Waals surface area contributed by atoms with Crippen molar-refractivity contribution in [1.82, 2.24) is 20.3 Å². The van der Waals surface area contributed by atoms with E-state index in [9.17, 15) is 0 Å². The Kier molecular flexibility index (Phi) is 3.77. The molecule has 2 aromatic rings. The van der Waals surface area contributed by atoms with Crippen molar-refractivity contribution in [2.75, 3.05) is 25.0 Å². The second-order valence-corrected chi connectivity index (χ2v) is 6.78. The summed E-state index contributed by atoms with van der Waals surface area (Å²) < 4.78 is 5.13. The molecule has 6 heteroatoms. The molecule has 0 spiro atoms. The molecule has 0 bridgehead atoms. The number of hydrogen-bond acceptors (Lipinski definition) is 6. The summed E-state index contributed by atoms with van der Waals surface area (Å²) in [4.78, 5) is 4.65. The highest BCUT2D eigenvalue weighted by Crippen LogP contribution is 2.26. The first-order chi connectivity index (χ1) is 11.2. The average Bonchev–Trinajstić information content (AvgIpc) is 2.90. The van der Waals surface area contributed by atoms with E-state index in [-0.39, 0.29) is 0 Å². The Morgan fingerprint density at radius 3 is 2.83 bits per heavy atom. The van der Waals surface area contributed by atoms with Crippen LogP contribution in [-0.2, 0) is 19.4 Å². The monoisotopic (exact) mass is 313 g/mol. The lowest BCUT2D eigenvalue weighted by Gasteiger charge is -2.44. The predicted octanol–water partition coefficient (Wildman–Crippen LogP) is 1.97. The summed E-state index contributed by atoms with van der Waals surface area (Å²) in [6.07, 6.45) is 4.77. The first-order valence-electron chi connectivity index (χ1n) is 8.42. The van der Waals surface area contributed by atoms with Crippen LogP contribution in [0, 0.1) is 6.92 Å². The molecule has 2 aromatic heterocycles. The second-order valence-electron chi connectivity index (χ2n) is 6.78. The molecule has 23 heavy (non-hydrogen) atoms. The number of nitrogens with zero attached hydrogens (tertiary/aromatic N) is 5. The van der Waals surface area contributed by atoms with Crippen LogP contribution in [0.1, 0.15) is 35.6 Å². The van der Waals surface area contributed by atoms with E-state index in [1.165, 1.54) is 24.1 Å². The lowest BCUT2D eigenvalue weighted by Crippen LogP contribution is -2.58. The zero-order valence-electron chi connectivity index (χ0n) is 13.8. The molecule has 3 heterocycles. The molecule has 6 nitrogen and oxygen atoms in total. The maximum absolute atomic E-state index is 5.13. The molecule has 0 radical (unpaired) electrons. The summed E-state index contributed by atoms with van der Waals surface area (Å²) in [6, 6.07) is 4.78. The van der Waals surface area contributed by atoms with Gasteiger partial charge in [0.2, 0.25) is 0 Å². The van der Waals surface area contributed by atoms with E-state index in [0.717, 1.165) is 49.7 Å². The highest BCUT2D eigenvalue weighted by molar-refractivity contribution is 5.45. The number of rotatable bonds is 4. The first kappa shape index (κ1) is 14.6. The molecule has 0 saturated carbocycles. The van der Waals surface area contributed by atoms with Crippen molar-refractivity contribution in [3.63, 3.8) is 0 Å². The molecule has 0 atom stereocenters. The van der Waals surface area contributed by atoms with Crippen molar-refractivity contribution in [2.45, 2.75) is 45.2 Å². The van der Waals surface area contributed by atoms with Crippen LogP contribution in [0.2, 0.25) is 0 Å². The Labute approximate surface area is 136 Å². The van der Waals surface area contributed by atoms with Gasteiger partial charge >= 0.3 is 0 Å². The van der Waals surface area contributed by atoms with Gasteiger partial charge in [0.1, 0.15) is 5.76 Å². The number of aromatic nitrogens is 3. The van der Waals surface area contributed by atoms with Gasteiger partial charge in [-0.3, -0.25) is 4.90 Å². The fraction of sp³-hybridized carbons (Fsp3) is 0.588. The Hall–Kier alpha value is -1.95. The van der Waals surface area contributed by atoms with E-state index in [4.69, 9.17) is 4.52 Å². The summed E-state index contributed by atoms with van der Waals surface area (Å²) in [5.41, 5.74) is 3.60. The van der Waals surface area contributed by atoms with Crippen molar-refractivity contribution >= 4 is 5.82 Å². The van der Waals surface area contributed by atoms with Crippen LogP contribution < -0.4 is 4.90 Å².